The summed E-state index contributed by atoms with van der Waals surface area (Å²) in [6.07, 6.45) is 0. The minimum atomic E-state index is -0.230. The second-order valence-electron chi connectivity index (χ2n) is 13.4. The average molecular weight is 669 g/mol. The van der Waals surface area contributed by atoms with Crippen molar-refractivity contribution in [2.75, 3.05) is 0 Å². The minimum Gasteiger partial charge on any atom is -0.420 e. The molecule has 0 aliphatic carbocycles. The predicted molar refractivity (Wildman–Crippen MR) is 219 cm³/mol. The van der Waals surface area contributed by atoms with Crippen LogP contribution in [0.2, 0.25) is 0 Å². The average Bonchev–Trinajstić information content (AvgIpc) is 3.41. The van der Waals surface area contributed by atoms with E-state index in [9.17, 15) is 0 Å². The van der Waals surface area contributed by atoms with Crippen molar-refractivity contribution in [1.82, 2.24) is 0 Å². The maximum atomic E-state index is 6.89. The molecule has 0 atom stereocenters. The molecule has 3 heteroatoms. The van der Waals surface area contributed by atoms with Crippen LogP contribution in [-0.4, -0.2) is 0 Å². The van der Waals surface area contributed by atoms with Crippen LogP contribution in [0.1, 0.15) is 0 Å². The van der Waals surface area contributed by atoms with Gasteiger partial charge in [0.1, 0.15) is 11.2 Å². The van der Waals surface area contributed by atoms with Crippen molar-refractivity contribution < 1.29 is 8.39 Å². The van der Waals surface area contributed by atoms with Gasteiger partial charge in [-0.2, -0.15) is 0 Å². The van der Waals surface area contributed by atoms with Crippen LogP contribution >= 0.6 is 8.67 Å². The molecular formula is C48H29O2P. The third kappa shape index (κ3) is 4.24. The fourth-order valence-corrected chi connectivity index (χ4v) is 9.06. The van der Waals surface area contributed by atoms with Crippen LogP contribution in [0.4, 0.5) is 0 Å². The highest BCUT2D eigenvalue weighted by Gasteiger charge is 2.21. The lowest BCUT2D eigenvalue weighted by Crippen LogP contribution is -1.89. The first-order valence-electron chi connectivity index (χ1n) is 17.3. The van der Waals surface area contributed by atoms with E-state index in [1.807, 2.05) is 0 Å². The fraction of sp³-hybridized carbons (Fsp3) is 0. The van der Waals surface area contributed by atoms with Crippen molar-refractivity contribution in [2.24, 2.45) is 0 Å². The first-order valence-corrected chi connectivity index (χ1v) is 18.2. The number of hydrogen-bond donors (Lipinski definition) is 0. The maximum Gasteiger partial charge on any atom is 0.201 e. The molecule has 0 unspecified atom stereocenters. The summed E-state index contributed by atoms with van der Waals surface area (Å²) in [6.45, 7) is 0. The van der Waals surface area contributed by atoms with Crippen LogP contribution < -0.4 is 0 Å². The van der Waals surface area contributed by atoms with Crippen molar-refractivity contribution in [1.29, 1.82) is 0 Å². The van der Waals surface area contributed by atoms with Gasteiger partial charge in [0.2, 0.25) is 8.67 Å². The molecule has 2 nitrogen and oxygen atoms in total. The van der Waals surface area contributed by atoms with Gasteiger partial charge in [0.25, 0.3) is 0 Å². The van der Waals surface area contributed by atoms with Crippen molar-refractivity contribution in [3.63, 3.8) is 0 Å². The van der Waals surface area contributed by atoms with E-state index in [0.29, 0.717) is 0 Å². The molecule has 0 radical (unpaired) electrons. The smallest absolute Gasteiger partial charge is 0.201 e. The predicted octanol–water partition coefficient (Wildman–Crippen LogP) is 14.6. The SMILES string of the molecule is c1ccc2c(c1)cc(-c1cc3ccccc3c3c1o[pH]oc1c(-c4cc5ccccc5c5ccccc45)cc4ccccc4c13)c1ccccc12. The molecule has 1 aromatic heterocycles. The lowest BCUT2D eigenvalue weighted by Gasteiger charge is -2.15. The van der Waals surface area contributed by atoms with Crippen LogP contribution in [-0.2, 0) is 0 Å². The Kier molecular flexibility index (Phi) is 6.19. The molecule has 0 amide bonds. The normalized spacial score (nSPS) is 11.9. The van der Waals surface area contributed by atoms with Gasteiger partial charge in [-0.25, -0.2) is 0 Å². The molecule has 11 rings (SSSR count). The molecule has 0 aliphatic rings. The lowest BCUT2D eigenvalue weighted by molar-refractivity contribution is 0.664. The largest absolute Gasteiger partial charge is 0.420 e. The zero-order valence-corrected chi connectivity index (χ0v) is 28.5. The molecule has 0 aliphatic heterocycles. The van der Waals surface area contributed by atoms with Crippen molar-refractivity contribution in [3.05, 3.63) is 170 Å². The summed E-state index contributed by atoms with van der Waals surface area (Å²) < 4.78 is 13.8. The zero-order valence-electron chi connectivity index (χ0n) is 27.5. The van der Waals surface area contributed by atoms with Gasteiger partial charge in [-0.05, 0) is 100 Å². The highest BCUT2D eigenvalue weighted by Crippen LogP contribution is 2.47. The van der Waals surface area contributed by atoms with Gasteiger partial charge >= 0.3 is 0 Å². The summed E-state index contributed by atoms with van der Waals surface area (Å²) in [5.41, 5.74) is 6.16. The van der Waals surface area contributed by atoms with E-state index in [4.69, 9.17) is 8.39 Å². The van der Waals surface area contributed by atoms with Gasteiger partial charge in [0, 0.05) is 21.9 Å². The highest BCUT2D eigenvalue weighted by atomic mass is 31.1. The zero-order chi connectivity index (χ0) is 33.5. The Morgan fingerprint density at radius 2 is 0.569 bits per heavy atom. The van der Waals surface area contributed by atoms with E-state index < -0.39 is 0 Å². The molecule has 10 aromatic carbocycles. The van der Waals surface area contributed by atoms with Crippen LogP contribution in [0.15, 0.2) is 178 Å². The Hall–Kier alpha value is -6.34. The molecule has 0 saturated heterocycles. The third-order valence-electron chi connectivity index (χ3n) is 10.7. The van der Waals surface area contributed by atoms with E-state index in [-0.39, 0.29) is 8.67 Å². The van der Waals surface area contributed by atoms with Gasteiger partial charge in [0.05, 0.1) is 0 Å². The fourth-order valence-electron chi connectivity index (χ4n) is 8.42. The first kappa shape index (κ1) is 28.5. The summed E-state index contributed by atoms with van der Waals surface area (Å²) in [7, 11) is -0.230. The Balaban J connectivity index is 1.37. The van der Waals surface area contributed by atoms with Crippen molar-refractivity contribution in [3.8, 4) is 22.3 Å². The summed E-state index contributed by atoms with van der Waals surface area (Å²) in [5.74, 6) is 0. The maximum absolute atomic E-state index is 6.89. The number of rotatable bonds is 2. The summed E-state index contributed by atoms with van der Waals surface area (Å²) in [4.78, 5) is 0. The minimum absolute atomic E-state index is 0.230. The lowest BCUT2D eigenvalue weighted by atomic mass is 9.88. The molecule has 1 heterocycles. The van der Waals surface area contributed by atoms with Gasteiger partial charge in [-0.1, -0.05) is 146 Å². The van der Waals surface area contributed by atoms with Gasteiger partial charge in [-0.15, -0.1) is 0 Å². The molecule has 0 bridgehead atoms. The van der Waals surface area contributed by atoms with Gasteiger partial charge in [-0.3, -0.25) is 0 Å². The Morgan fingerprint density at radius 3 is 0.980 bits per heavy atom. The molecular weight excluding hydrogens is 640 g/mol. The molecule has 0 N–H and O–H groups in total. The highest BCUT2D eigenvalue weighted by molar-refractivity contribution is 7.15. The number of fused-ring (bicyclic) bond motifs is 13. The van der Waals surface area contributed by atoms with E-state index in [1.54, 1.807) is 0 Å². The molecule has 0 saturated carbocycles. The third-order valence-corrected chi connectivity index (χ3v) is 11.2. The number of hydrogen-bond acceptors (Lipinski definition) is 2. The standard InChI is InChI=1S/C48H29O2P/c1-5-17-33-29(13-1)25-41(39-23-11-9-21-37(33)39)43-27-31-15-3-7-19-35(31)45-46-36-20-8-4-16-32(36)28-44(48(46)50-51-49-47(43)45)42-26-30-14-2-6-18-34(30)38-22-10-12-24-40(38)42/h1-28,51H. The molecule has 51 heavy (non-hydrogen) atoms. The van der Waals surface area contributed by atoms with Crippen molar-refractivity contribution in [2.45, 2.75) is 0 Å². The topological polar surface area (TPSA) is 26.3 Å². The van der Waals surface area contributed by atoms with Crippen molar-refractivity contribution >= 4 is 95.2 Å². The van der Waals surface area contributed by atoms with E-state index >= 15 is 0 Å². The molecule has 238 valence electrons. The Labute approximate surface area is 294 Å². The Bertz CT molecular complexity index is 3050. The van der Waals surface area contributed by atoms with Crippen LogP contribution in [0.5, 0.6) is 0 Å². The summed E-state index contributed by atoms with van der Waals surface area (Å²) in [5, 5.41) is 16.5. The molecule has 0 spiro atoms. The second kappa shape index (κ2) is 11.1. The summed E-state index contributed by atoms with van der Waals surface area (Å²) >= 11 is 0. The van der Waals surface area contributed by atoms with E-state index in [0.717, 1.165) is 65.7 Å². The van der Waals surface area contributed by atoms with Crippen LogP contribution in [0.3, 0.4) is 0 Å². The van der Waals surface area contributed by atoms with Crippen LogP contribution in [0.25, 0.3) is 109 Å². The van der Waals surface area contributed by atoms with E-state index in [2.05, 4.69) is 170 Å². The molecule has 11 aromatic rings. The molecule has 0 fully saturated rings. The number of benzene rings is 10. The summed E-state index contributed by atoms with van der Waals surface area (Å²) in [6, 6.07) is 61.5. The van der Waals surface area contributed by atoms with Gasteiger partial charge in [0.15, 0.2) is 0 Å². The van der Waals surface area contributed by atoms with E-state index in [1.165, 1.54) is 43.1 Å². The first-order chi connectivity index (χ1) is 25.3. The Morgan fingerprint density at radius 1 is 0.275 bits per heavy atom. The monoisotopic (exact) mass is 668 g/mol. The second-order valence-corrected chi connectivity index (χ2v) is 13.9. The quantitative estimate of drug-likeness (QED) is 0.171. The van der Waals surface area contributed by atoms with Crippen LogP contribution in [0, 0.1) is 0 Å². The van der Waals surface area contributed by atoms with Gasteiger partial charge < -0.3 is 8.39 Å².